The molecule has 12 heavy (non-hydrogen) atoms. The molecule has 0 saturated heterocycles. The van der Waals surface area contributed by atoms with Crippen molar-refractivity contribution < 1.29 is 83.0 Å². The van der Waals surface area contributed by atoms with Gasteiger partial charge < -0.3 is 53.5 Å². The van der Waals surface area contributed by atoms with E-state index in [9.17, 15) is 0 Å². The number of rotatable bonds is 0. The van der Waals surface area contributed by atoms with Gasteiger partial charge in [0.05, 0.1) is 0 Å². The average Bonchev–Trinajstić information content (AvgIpc) is 0.722. The van der Waals surface area contributed by atoms with Gasteiger partial charge in [-0.3, -0.25) is 0 Å². The fraction of sp³-hybridized carbons (Fsp3) is 0. The van der Waals surface area contributed by atoms with E-state index in [0.717, 1.165) is 0 Å². The zero-order valence-electron chi connectivity index (χ0n) is 7.29. The monoisotopic (exact) mass is 228 g/mol. The maximum atomic E-state index is 7.33. The number of hydrogen-bond donors (Lipinski definition) is 4. The van der Waals surface area contributed by atoms with Crippen LogP contribution in [0.2, 0.25) is 0 Å². The SMILES string of the molecule is O.O.O.O.O.O.O[Si](O)(O)O.[H-].[Na+]. The molecule has 0 aromatic carbocycles. The van der Waals surface area contributed by atoms with Gasteiger partial charge >= 0.3 is 38.6 Å². The number of hydrogen-bond acceptors (Lipinski definition) is 4. The molecule has 0 aliphatic heterocycles. The molecule has 0 spiro atoms. The summed E-state index contributed by atoms with van der Waals surface area (Å²) < 4.78 is 0. The minimum Gasteiger partial charge on any atom is -1.00 e. The van der Waals surface area contributed by atoms with Crippen molar-refractivity contribution in [3.63, 3.8) is 0 Å². The van der Waals surface area contributed by atoms with Gasteiger partial charge in [-0.2, -0.15) is 0 Å². The van der Waals surface area contributed by atoms with Crippen LogP contribution in [0, 0.1) is 0 Å². The first-order valence-electron chi connectivity index (χ1n) is 0.894. The first-order valence-corrected chi connectivity index (χ1v) is 2.68. The second-order valence-corrected chi connectivity index (χ2v) is 1.80. The quantitative estimate of drug-likeness (QED) is 0.293. The average molecular weight is 228 g/mol. The zero-order valence-corrected chi connectivity index (χ0v) is 9.29. The van der Waals surface area contributed by atoms with Crippen LogP contribution in [0.5, 0.6) is 0 Å². The Morgan fingerprint density at radius 1 is 0.583 bits per heavy atom. The van der Waals surface area contributed by atoms with Crippen LogP contribution in [-0.2, 0) is 0 Å². The van der Waals surface area contributed by atoms with Crippen LogP contribution in [0.25, 0.3) is 0 Å². The first kappa shape index (κ1) is 77.1. The summed E-state index contributed by atoms with van der Waals surface area (Å²) in [4.78, 5) is 29.3. The minimum absolute atomic E-state index is 0. The Kier molecular flexibility index (Phi) is 191. The van der Waals surface area contributed by atoms with Gasteiger partial charge in [-0.1, -0.05) is 0 Å². The first-order chi connectivity index (χ1) is 2.00. The smallest absolute Gasteiger partial charge is 1.00 e. The molecule has 0 amide bonds. The maximum Gasteiger partial charge on any atom is 1.00 e. The summed E-state index contributed by atoms with van der Waals surface area (Å²) in [6.45, 7) is 0. The van der Waals surface area contributed by atoms with E-state index < -0.39 is 9.05 Å². The van der Waals surface area contributed by atoms with E-state index in [1.165, 1.54) is 0 Å². The fourth-order valence-corrected chi connectivity index (χ4v) is 0. The van der Waals surface area contributed by atoms with Crippen LogP contribution < -0.4 is 29.6 Å². The molecule has 82 valence electrons. The molecule has 0 radical (unpaired) electrons. The molecule has 0 rings (SSSR count). The summed E-state index contributed by atoms with van der Waals surface area (Å²) >= 11 is 0. The summed E-state index contributed by atoms with van der Waals surface area (Å²) in [7, 11) is -4.61. The van der Waals surface area contributed by atoms with E-state index in [-0.39, 0.29) is 63.8 Å². The van der Waals surface area contributed by atoms with Gasteiger partial charge in [0.1, 0.15) is 0 Å². The van der Waals surface area contributed by atoms with Crippen LogP contribution >= 0.6 is 0 Å². The van der Waals surface area contributed by atoms with Gasteiger partial charge in [0.2, 0.25) is 0 Å². The Bertz CT molecular complexity index is 30.4. The van der Waals surface area contributed by atoms with E-state index in [0.29, 0.717) is 0 Å². The Labute approximate surface area is 92.2 Å². The van der Waals surface area contributed by atoms with Crippen LogP contribution in [0.1, 0.15) is 1.43 Å². The predicted octanol–water partition coefficient (Wildman–Crippen LogP) is -10.4. The molecule has 0 bridgehead atoms. The van der Waals surface area contributed by atoms with E-state index >= 15 is 0 Å². The minimum atomic E-state index is -4.61. The molecule has 0 saturated carbocycles. The molecule has 16 N–H and O–H groups in total. The maximum absolute atomic E-state index is 7.33. The largest absolute Gasteiger partial charge is 1.00 e. The van der Waals surface area contributed by atoms with Gasteiger partial charge in [0.25, 0.3) is 0 Å². The molecule has 10 nitrogen and oxygen atoms in total. The normalized spacial score (nSPS) is 5.00. The molecule has 0 unspecified atom stereocenters. The summed E-state index contributed by atoms with van der Waals surface area (Å²) in [6.07, 6.45) is 0. The summed E-state index contributed by atoms with van der Waals surface area (Å²) in [5.74, 6) is 0. The molecule has 0 aromatic heterocycles. The third-order valence-corrected chi connectivity index (χ3v) is 0. The molecular weight excluding hydrogens is 211 g/mol. The standard InChI is InChI=1S/Na.H4O4Si.6H2O.H/c;1-5(2,3)4;;;;;;;/h;1-4H;6*1H2;/q+1;;;;;;;;-1. The topological polar surface area (TPSA) is 270 Å². The van der Waals surface area contributed by atoms with Crippen molar-refractivity contribution in [2.75, 3.05) is 0 Å². The molecule has 0 heterocycles. The Morgan fingerprint density at radius 2 is 0.583 bits per heavy atom. The van der Waals surface area contributed by atoms with Crippen molar-refractivity contribution in [2.45, 2.75) is 0 Å². The Morgan fingerprint density at radius 3 is 0.583 bits per heavy atom. The second-order valence-electron chi connectivity index (χ2n) is 0.600. The summed E-state index contributed by atoms with van der Waals surface area (Å²) in [6, 6.07) is 0. The molecule has 0 aliphatic carbocycles. The van der Waals surface area contributed by atoms with Gasteiger partial charge in [-0.25, -0.2) is 0 Å². The van der Waals surface area contributed by atoms with E-state index in [4.69, 9.17) is 19.2 Å². The molecular formula is H17NaO10Si. The van der Waals surface area contributed by atoms with Crippen molar-refractivity contribution in [3.05, 3.63) is 0 Å². The van der Waals surface area contributed by atoms with Gasteiger partial charge in [-0.15, -0.1) is 0 Å². The van der Waals surface area contributed by atoms with Gasteiger partial charge in [-0.05, 0) is 0 Å². The van der Waals surface area contributed by atoms with Gasteiger partial charge in [0.15, 0.2) is 0 Å². The molecule has 0 aliphatic rings. The zero-order chi connectivity index (χ0) is 4.50. The van der Waals surface area contributed by atoms with Gasteiger partial charge in [0, 0.05) is 0 Å². The van der Waals surface area contributed by atoms with Crippen LogP contribution in [-0.4, -0.2) is 61.1 Å². The Hall–Kier alpha value is 0.817. The van der Waals surface area contributed by atoms with E-state index in [2.05, 4.69) is 0 Å². The third kappa shape index (κ3) is 1560. The molecule has 0 atom stereocenters. The van der Waals surface area contributed by atoms with Crippen LogP contribution in [0.3, 0.4) is 0 Å². The predicted molar refractivity (Wildman–Crippen MR) is 37.4 cm³/mol. The second kappa shape index (κ2) is 29.8. The third-order valence-electron chi connectivity index (χ3n) is 0. The van der Waals surface area contributed by atoms with Crippen molar-refractivity contribution in [1.29, 1.82) is 0 Å². The summed E-state index contributed by atoms with van der Waals surface area (Å²) in [5, 5.41) is 0. The van der Waals surface area contributed by atoms with Crippen molar-refractivity contribution >= 4 is 9.05 Å². The summed E-state index contributed by atoms with van der Waals surface area (Å²) in [5.41, 5.74) is 0. The Balaban J connectivity index is -0.00000000286. The van der Waals surface area contributed by atoms with E-state index in [1.54, 1.807) is 0 Å². The fourth-order valence-electron chi connectivity index (χ4n) is 0. The van der Waals surface area contributed by atoms with Crippen molar-refractivity contribution in [1.82, 2.24) is 0 Å². The molecule has 0 fully saturated rings. The van der Waals surface area contributed by atoms with Crippen LogP contribution in [0.4, 0.5) is 0 Å². The van der Waals surface area contributed by atoms with E-state index in [1.807, 2.05) is 0 Å². The molecule has 12 heteroatoms. The van der Waals surface area contributed by atoms with Crippen molar-refractivity contribution in [2.24, 2.45) is 0 Å². The van der Waals surface area contributed by atoms with Crippen LogP contribution in [0.15, 0.2) is 0 Å². The molecule has 0 aromatic rings. The van der Waals surface area contributed by atoms with Crippen molar-refractivity contribution in [3.8, 4) is 0 Å².